The summed E-state index contributed by atoms with van der Waals surface area (Å²) in [6, 6.07) is 16.0. The number of amides is 1. The Bertz CT molecular complexity index is 2460. The number of carbonyl (C=O) groups is 1. The van der Waals surface area contributed by atoms with Crippen molar-refractivity contribution in [3.63, 3.8) is 0 Å². The molecule has 1 aliphatic carbocycles. The molecule has 1 amide bonds. The molecule has 0 spiro atoms. The Morgan fingerprint density at radius 1 is 0.885 bits per heavy atom. The topological polar surface area (TPSA) is 169 Å². The van der Waals surface area contributed by atoms with Gasteiger partial charge in [-0.3, -0.25) is 0 Å². The molecular weight excluding hydrogens is 805 g/mol. The average molecular weight is 859 g/mol. The maximum absolute atomic E-state index is 15.3. The van der Waals surface area contributed by atoms with Crippen LogP contribution in [0.2, 0.25) is 0 Å². The van der Waals surface area contributed by atoms with Crippen molar-refractivity contribution in [3.8, 4) is 23.0 Å². The first-order valence-electron chi connectivity index (χ1n) is 20.6. The zero-order chi connectivity index (χ0) is 43.1. The molecule has 1 saturated carbocycles. The first-order valence-corrected chi connectivity index (χ1v) is 22.1. The lowest BCUT2D eigenvalue weighted by Gasteiger charge is -2.26. The Balaban J connectivity index is 1.16. The molecule has 1 N–H and O–H groups in total. The summed E-state index contributed by atoms with van der Waals surface area (Å²) >= 11 is 0. The number of rotatable bonds is 14. The van der Waals surface area contributed by atoms with E-state index in [2.05, 4.69) is 16.5 Å². The second kappa shape index (κ2) is 17.0. The minimum absolute atomic E-state index is 0.0300. The van der Waals surface area contributed by atoms with E-state index < -0.39 is 21.7 Å². The van der Waals surface area contributed by atoms with E-state index in [4.69, 9.17) is 38.0 Å². The highest BCUT2D eigenvalue weighted by Crippen LogP contribution is 2.46. The number of hydrogen-bond acceptors (Lipinski definition) is 13. The van der Waals surface area contributed by atoms with Crippen LogP contribution in [-0.2, 0) is 26.0 Å². The van der Waals surface area contributed by atoms with Crippen molar-refractivity contribution in [2.45, 2.75) is 94.4 Å². The van der Waals surface area contributed by atoms with Gasteiger partial charge in [0, 0.05) is 49.4 Å². The minimum atomic E-state index is -4.53. The summed E-state index contributed by atoms with van der Waals surface area (Å²) < 4.78 is 74.3. The van der Waals surface area contributed by atoms with Crippen molar-refractivity contribution >= 4 is 44.4 Å². The molecule has 3 fully saturated rings. The lowest BCUT2D eigenvalue weighted by molar-refractivity contribution is -0.0409. The molecule has 0 radical (unpaired) electrons. The number of nitrogens with one attached hydrogen (secondary N) is 1. The number of fused-ring (bicyclic) bond motifs is 1. The molecule has 2 atom stereocenters. The van der Waals surface area contributed by atoms with Gasteiger partial charge in [-0.1, -0.05) is 17.3 Å². The number of likely N-dealkylation sites (tertiary alicyclic amines) is 1. The maximum Gasteiger partial charge on any atom is 0.410 e. The van der Waals surface area contributed by atoms with E-state index in [9.17, 15) is 4.79 Å². The number of hydrogen-bond donors (Lipinski definition) is 1. The number of nitrogens with zero attached hydrogens (tertiary/aromatic N) is 5. The first kappa shape index (κ1) is 42.0. The number of benzene rings is 3. The molecule has 17 heteroatoms. The Morgan fingerprint density at radius 3 is 2.23 bits per heavy atom. The lowest BCUT2D eigenvalue weighted by atomic mass is 9.98. The van der Waals surface area contributed by atoms with Crippen LogP contribution in [0.25, 0.3) is 11.0 Å². The number of sulfonamides is 1. The third kappa shape index (κ3) is 8.76. The van der Waals surface area contributed by atoms with E-state index in [0.29, 0.717) is 71.6 Å². The summed E-state index contributed by atoms with van der Waals surface area (Å²) in [4.78, 5) is 14.4. The first-order chi connectivity index (χ1) is 29.3. The predicted octanol–water partition coefficient (Wildman–Crippen LogP) is 8.50. The van der Waals surface area contributed by atoms with Crippen LogP contribution in [0, 0.1) is 0 Å². The SMILES string of the molecule is COc1ccc(CN(c2noc3cc(Nc4cc(C5CC5)n(C5CCCCO5)n4)c(OC)cc23)S(=O)(=O)c2c(OC)cc(C3CCN(C(=O)OC(C)(C)C)C3)cc2OC)cc1. The van der Waals surface area contributed by atoms with Gasteiger partial charge in [0.15, 0.2) is 28.3 Å². The van der Waals surface area contributed by atoms with Crippen molar-refractivity contribution in [1.82, 2.24) is 19.8 Å². The largest absolute Gasteiger partial charge is 0.497 e. The van der Waals surface area contributed by atoms with Crippen molar-refractivity contribution < 1.29 is 46.2 Å². The molecule has 16 nitrogen and oxygen atoms in total. The van der Waals surface area contributed by atoms with E-state index >= 15 is 8.42 Å². The van der Waals surface area contributed by atoms with Gasteiger partial charge in [-0.2, -0.15) is 5.10 Å². The van der Waals surface area contributed by atoms with Crippen molar-refractivity contribution in [3.05, 3.63) is 71.4 Å². The highest BCUT2D eigenvalue weighted by molar-refractivity contribution is 7.93. The molecule has 61 heavy (non-hydrogen) atoms. The van der Waals surface area contributed by atoms with Crippen LogP contribution in [0.1, 0.15) is 94.2 Å². The number of methoxy groups -OCH3 is 4. The summed E-state index contributed by atoms with van der Waals surface area (Å²) in [6.45, 7) is 6.93. The van der Waals surface area contributed by atoms with E-state index in [1.807, 2.05) is 25.5 Å². The fraction of sp³-hybridized carbons (Fsp3) is 0.477. The van der Waals surface area contributed by atoms with E-state index in [0.717, 1.165) is 43.4 Å². The molecule has 3 aromatic carbocycles. The number of carbonyl (C=O) groups excluding carboxylic acids is 1. The molecule has 2 unspecified atom stereocenters. The average Bonchev–Trinajstić information content (AvgIpc) is 3.61. The summed E-state index contributed by atoms with van der Waals surface area (Å²) in [5, 5.41) is 13.1. The minimum Gasteiger partial charge on any atom is -0.497 e. The molecule has 2 aromatic heterocycles. The van der Waals surface area contributed by atoms with Gasteiger partial charge in [-0.15, -0.1) is 0 Å². The van der Waals surface area contributed by atoms with Crippen LogP contribution in [-0.4, -0.2) is 88.1 Å². The van der Waals surface area contributed by atoms with Crippen molar-refractivity contribution in [1.29, 1.82) is 0 Å². The fourth-order valence-electron chi connectivity index (χ4n) is 8.03. The number of anilines is 3. The van der Waals surface area contributed by atoms with Gasteiger partial charge in [0.2, 0.25) is 0 Å². The quantitative estimate of drug-likeness (QED) is 0.113. The van der Waals surface area contributed by atoms with E-state index in [-0.39, 0.29) is 40.9 Å². The van der Waals surface area contributed by atoms with Crippen molar-refractivity contribution in [2.24, 2.45) is 0 Å². The van der Waals surface area contributed by atoms with E-state index in [1.165, 1.54) is 18.5 Å². The highest BCUT2D eigenvalue weighted by Gasteiger charge is 2.38. The van der Waals surface area contributed by atoms with Crippen LogP contribution >= 0.6 is 0 Å². The fourth-order valence-corrected chi connectivity index (χ4v) is 9.72. The van der Waals surface area contributed by atoms with Gasteiger partial charge in [-0.05, 0) is 101 Å². The molecule has 5 aromatic rings. The highest BCUT2D eigenvalue weighted by atomic mass is 32.2. The smallest absolute Gasteiger partial charge is 0.410 e. The summed E-state index contributed by atoms with van der Waals surface area (Å²) in [5.41, 5.74) is 2.80. The molecule has 3 aliphatic rings. The standard InChI is InChI=1S/C44H54N6O10S/c1-44(2,3)59-43(51)48-18-17-29(26-48)30-20-37(56-6)41(38(21-30)57-7)61(52,53)49(25-27-11-15-31(54-4)16-12-27)42-32-22-36(55-5)33(23-35(32)60-47-42)45-39-24-34(28-13-14-28)50(46-39)40-10-8-9-19-58-40/h11-12,15-16,20-24,28-29,40H,8-10,13-14,17-19,25-26H2,1-7H3,(H,45,46). The van der Waals surface area contributed by atoms with Crippen molar-refractivity contribution in [2.75, 3.05) is 57.8 Å². The third-order valence-corrected chi connectivity index (χ3v) is 13.1. The molecular formula is C44H54N6O10S. The second-order valence-corrected chi connectivity index (χ2v) is 18.5. The van der Waals surface area contributed by atoms with Gasteiger partial charge >= 0.3 is 6.09 Å². The van der Waals surface area contributed by atoms with Gasteiger partial charge in [0.25, 0.3) is 10.0 Å². The van der Waals surface area contributed by atoms with E-state index in [1.54, 1.807) is 67.7 Å². The summed E-state index contributed by atoms with van der Waals surface area (Å²) in [6.07, 6.45) is 5.40. The van der Waals surface area contributed by atoms with Gasteiger partial charge in [0.1, 0.15) is 28.6 Å². The Hall–Kier alpha value is -5.68. The van der Waals surface area contributed by atoms with Crippen LogP contribution in [0.3, 0.4) is 0 Å². The van der Waals surface area contributed by atoms with Crippen LogP contribution in [0.5, 0.6) is 23.0 Å². The van der Waals surface area contributed by atoms with Gasteiger partial charge < -0.3 is 43.2 Å². The number of aromatic nitrogens is 3. The Labute approximate surface area is 356 Å². The summed E-state index contributed by atoms with van der Waals surface area (Å²) in [5.74, 6) is 2.18. The molecule has 4 heterocycles. The third-order valence-electron chi connectivity index (χ3n) is 11.3. The van der Waals surface area contributed by atoms with Crippen LogP contribution < -0.4 is 28.6 Å². The van der Waals surface area contributed by atoms with Gasteiger partial charge in [0.05, 0.1) is 46.1 Å². The molecule has 0 bridgehead atoms. The molecule has 326 valence electrons. The zero-order valence-corrected chi connectivity index (χ0v) is 36.5. The van der Waals surface area contributed by atoms with Crippen LogP contribution in [0.4, 0.5) is 22.1 Å². The zero-order valence-electron chi connectivity index (χ0n) is 35.7. The monoisotopic (exact) mass is 858 g/mol. The van der Waals surface area contributed by atoms with Crippen LogP contribution in [0.15, 0.2) is 64.0 Å². The normalized spacial score (nSPS) is 18.2. The van der Waals surface area contributed by atoms with Gasteiger partial charge in [-0.25, -0.2) is 22.2 Å². The Morgan fingerprint density at radius 2 is 1.61 bits per heavy atom. The molecule has 2 aliphatic heterocycles. The predicted molar refractivity (Wildman–Crippen MR) is 228 cm³/mol. The maximum atomic E-state index is 15.3. The summed E-state index contributed by atoms with van der Waals surface area (Å²) in [7, 11) is 1.41. The molecule has 2 saturated heterocycles. The number of ether oxygens (including phenoxy) is 6. The lowest BCUT2D eigenvalue weighted by Crippen LogP contribution is -2.35. The second-order valence-electron chi connectivity index (χ2n) is 16.7. The Kier molecular flexibility index (Phi) is 11.7. The molecule has 8 rings (SSSR count).